The molecule has 1 aromatic carbocycles. The first-order valence-electron chi connectivity index (χ1n) is 9.73. The van der Waals surface area contributed by atoms with Crippen LogP contribution in [0.15, 0.2) is 35.7 Å². The predicted molar refractivity (Wildman–Crippen MR) is 111 cm³/mol. The van der Waals surface area contributed by atoms with Crippen molar-refractivity contribution < 1.29 is 4.74 Å². The molecule has 1 aromatic heterocycles. The molecule has 5 heteroatoms. The highest BCUT2D eigenvalue weighted by Crippen LogP contribution is 2.27. The molecule has 0 saturated carbocycles. The minimum Gasteiger partial charge on any atom is -0.489 e. The number of hydrogen-bond donors (Lipinski definition) is 3. The number of rotatable bonds is 9. The summed E-state index contributed by atoms with van der Waals surface area (Å²) in [7, 11) is 0. The Kier molecular flexibility index (Phi) is 7.35. The lowest BCUT2D eigenvalue weighted by atomic mass is 10.00. The van der Waals surface area contributed by atoms with Gasteiger partial charge in [0.05, 0.1) is 11.8 Å². The SMILES string of the molecule is CC(C)Oc1ccccc1NCCNCc1cc(C2CCCCN2)cs1. The lowest BCUT2D eigenvalue weighted by Crippen LogP contribution is -2.26. The van der Waals surface area contributed by atoms with E-state index < -0.39 is 0 Å². The Morgan fingerprint density at radius 3 is 2.92 bits per heavy atom. The maximum Gasteiger partial charge on any atom is 0.142 e. The number of hydrogen-bond acceptors (Lipinski definition) is 5. The molecule has 0 spiro atoms. The van der Waals surface area contributed by atoms with Crippen LogP contribution in [0.1, 0.15) is 49.6 Å². The van der Waals surface area contributed by atoms with E-state index in [0.29, 0.717) is 6.04 Å². The molecule has 2 aromatic rings. The number of benzene rings is 1. The van der Waals surface area contributed by atoms with E-state index in [9.17, 15) is 0 Å². The molecular weight excluding hydrogens is 342 g/mol. The van der Waals surface area contributed by atoms with Crippen LogP contribution in [-0.4, -0.2) is 25.7 Å². The van der Waals surface area contributed by atoms with Crippen LogP contribution in [-0.2, 0) is 6.54 Å². The van der Waals surface area contributed by atoms with Gasteiger partial charge in [-0.1, -0.05) is 18.6 Å². The summed E-state index contributed by atoms with van der Waals surface area (Å²) in [6, 6.07) is 11.1. The number of ether oxygens (including phenoxy) is 1. The highest BCUT2D eigenvalue weighted by atomic mass is 32.1. The average molecular weight is 374 g/mol. The van der Waals surface area contributed by atoms with Gasteiger partial charge in [-0.2, -0.15) is 0 Å². The molecule has 4 nitrogen and oxygen atoms in total. The minimum absolute atomic E-state index is 0.183. The first-order chi connectivity index (χ1) is 12.7. The van der Waals surface area contributed by atoms with Gasteiger partial charge in [0, 0.05) is 30.6 Å². The Morgan fingerprint density at radius 2 is 2.12 bits per heavy atom. The lowest BCUT2D eigenvalue weighted by Gasteiger charge is -2.22. The van der Waals surface area contributed by atoms with Crippen molar-refractivity contribution in [3.63, 3.8) is 0 Å². The zero-order valence-corrected chi connectivity index (χ0v) is 16.7. The van der Waals surface area contributed by atoms with Crippen molar-refractivity contribution in [3.05, 3.63) is 46.2 Å². The fourth-order valence-corrected chi connectivity index (χ4v) is 4.19. The van der Waals surface area contributed by atoms with Crippen molar-refractivity contribution in [2.75, 3.05) is 25.0 Å². The molecule has 1 fully saturated rings. The summed E-state index contributed by atoms with van der Waals surface area (Å²) >= 11 is 1.86. The number of nitrogens with one attached hydrogen (secondary N) is 3. The van der Waals surface area contributed by atoms with E-state index in [1.165, 1.54) is 29.7 Å². The smallest absolute Gasteiger partial charge is 0.142 e. The fraction of sp³-hybridized carbons (Fsp3) is 0.524. The first-order valence-corrected chi connectivity index (χ1v) is 10.6. The summed E-state index contributed by atoms with van der Waals surface area (Å²) in [6.45, 7) is 7.99. The zero-order chi connectivity index (χ0) is 18.2. The van der Waals surface area contributed by atoms with Crippen molar-refractivity contribution in [1.29, 1.82) is 0 Å². The number of anilines is 1. The Balaban J connectivity index is 1.39. The van der Waals surface area contributed by atoms with Crippen LogP contribution in [0, 0.1) is 0 Å². The second kappa shape index (κ2) is 9.95. The summed E-state index contributed by atoms with van der Waals surface area (Å²) in [5.41, 5.74) is 2.52. The second-order valence-electron chi connectivity index (χ2n) is 7.12. The van der Waals surface area contributed by atoms with Crippen LogP contribution >= 0.6 is 11.3 Å². The summed E-state index contributed by atoms with van der Waals surface area (Å²) in [4.78, 5) is 1.41. The molecule has 3 rings (SSSR count). The highest BCUT2D eigenvalue weighted by Gasteiger charge is 2.15. The van der Waals surface area contributed by atoms with Gasteiger partial charge >= 0.3 is 0 Å². The van der Waals surface area contributed by atoms with Crippen LogP contribution < -0.4 is 20.7 Å². The molecule has 3 N–H and O–H groups in total. The Labute approximate surface area is 161 Å². The van der Waals surface area contributed by atoms with Crippen LogP contribution in [0.4, 0.5) is 5.69 Å². The average Bonchev–Trinajstić information content (AvgIpc) is 3.12. The monoisotopic (exact) mass is 373 g/mol. The van der Waals surface area contributed by atoms with Crippen molar-refractivity contribution >= 4 is 17.0 Å². The van der Waals surface area contributed by atoms with E-state index in [1.54, 1.807) is 0 Å². The topological polar surface area (TPSA) is 45.3 Å². The van der Waals surface area contributed by atoms with E-state index in [0.717, 1.165) is 37.6 Å². The van der Waals surface area contributed by atoms with Gasteiger partial charge in [0.25, 0.3) is 0 Å². The molecule has 26 heavy (non-hydrogen) atoms. The van der Waals surface area contributed by atoms with Crippen molar-refractivity contribution in [1.82, 2.24) is 10.6 Å². The third-order valence-corrected chi connectivity index (χ3v) is 5.51. The highest BCUT2D eigenvalue weighted by molar-refractivity contribution is 7.10. The molecule has 142 valence electrons. The van der Waals surface area contributed by atoms with Crippen LogP contribution in [0.3, 0.4) is 0 Å². The van der Waals surface area contributed by atoms with Crippen LogP contribution in [0.2, 0.25) is 0 Å². The number of thiophene rings is 1. The minimum atomic E-state index is 0.183. The number of piperidine rings is 1. The summed E-state index contributed by atoms with van der Waals surface area (Å²) < 4.78 is 5.84. The van der Waals surface area contributed by atoms with E-state index in [-0.39, 0.29) is 6.10 Å². The molecule has 1 unspecified atom stereocenters. The first kappa shape index (κ1) is 19.2. The molecule has 0 aliphatic carbocycles. The van der Waals surface area contributed by atoms with Crippen molar-refractivity contribution in [2.24, 2.45) is 0 Å². The molecular formula is C21H31N3OS. The predicted octanol–water partition coefficient (Wildman–Crippen LogP) is 4.55. The standard InChI is InChI=1S/C21H31N3OS/c1-16(2)25-21-9-4-3-8-20(21)24-12-11-22-14-18-13-17(15-26-18)19-7-5-6-10-23-19/h3-4,8-9,13,15-16,19,22-24H,5-7,10-12,14H2,1-2H3. The Bertz CT molecular complexity index is 665. The largest absolute Gasteiger partial charge is 0.489 e. The Hall–Kier alpha value is -1.56. The summed E-state index contributed by atoms with van der Waals surface area (Å²) in [5, 5.41) is 12.9. The van der Waals surface area contributed by atoms with Gasteiger partial charge in [-0.3, -0.25) is 0 Å². The molecule has 1 saturated heterocycles. The molecule has 0 radical (unpaired) electrons. The Morgan fingerprint density at radius 1 is 1.23 bits per heavy atom. The normalized spacial score (nSPS) is 17.4. The zero-order valence-electron chi connectivity index (χ0n) is 15.9. The molecule has 0 bridgehead atoms. The summed E-state index contributed by atoms with van der Waals surface area (Å²) in [5.74, 6) is 0.922. The molecule has 1 aliphatic rings. The summed E-state index contributed by atoms with van der Waals surface area (Å²) in [6.07, 6.45) is 4.11. The van der Waals surface area contributed by atoms with E-state index in [4.69, 9.17) is 4.74 Å². The lowest BCUT2D eigenvalue weighted by molar-refractivity contribution is 0.243. The van der Waals surface area contributed by atoms with Gasteiger partial charge in [0.2, 0.25) is 0 Å². The maximum atomic E-state index is 5.84. The molecule has 1 aliphatic heterocycles. The third-order valence-electron chi connectivity index (χ3n) is 4.55. The number of para-hydroxylation sites is 2. The van der Waals surface area contributed by atoms with Crippen molar-refractivity contribution in [3.8, 4) is 5.75 Å². The van der Waals surface area contributed by atoms with E-state index in [1.807, 2.05) is 29.5 Å². The van der Waals surface area contributed by atoms with Gasteiger partial charge in [0.1, 0.15) is 5.75 Å². The van der Waals surface area contributed by atoms with Gasteiger partial charge in [0.15, 0.2) is 0 Å². The van der Waals surface area contributed by atoms with Crippen LogP contribution in [0.25, 0.3) is 0 Å². The maximum absolute atomic E-state index is 5.84. The fourth-order valence-electron chi connectivity index (χ4n) is 3.28. The third kappa shape index (κ3) is 5.73. The van der Waals surface area contributed by atoms with E-state index >= 15 is 0 Å². The van der Waals surface area contributed by atoms with Gasteiger partial charge < -0.3 is 20.7 Å². The van der Waals surface area contributed by atoms with Crippen molar-refractivity contribution in [2.45, 2.75) is 51.8 Å². The van der Waals surface area contributed by atoms with Gasteiger partial charge in [-0.25, -0.2) is 0 Å². The molecule has 0 amide bonds. The van der Waals surface area contributed by atoms with Crippen LogP contribution in [0.5, 0.6) is 5.75 Å². The molecule has 2 heterocycles. The van der Waals surface area contributed by atoms with E-state index in [2.05, 4.69) is 47.3 Å². The quantitative estimate of drug-likeness (QED) is 0.564. The van der Waals surface area contributed by atoms with Gasteiger partial charge in [-0.15, -0.1) is 11.3 Å². The second-order valence-corrected chi connectivity index (χ2v) is 8.11. The molecule has 1 atom stereocenters. The van der Waals surface area contributed by atoms with Gasteiger partial charge in [-0.05, 0) is 62.4 Å².